The molecule has 0 fully saturated rings. The first-order valence-corrected chi connectivity index (χ1v) is 9.23. The Hall–Kier alpha value is -2.31. The molecule has 0 bridgehead atoms. The molecule has 0 saturated heterocycles. The highest BCUT2D eigenvalue weighted by atomic mass is 16.4. The molecule has 0 aromatic carbocycles. The summed E-state index contributed by atoms with van der Waals surface area (Å²) >= 11 is 0. The van der Waals surface area contributed by atoms with E-state index in [1.807, 2.05) is 11.7 Å². The van der Waals surface area contributed by atoms with Crippen LogP contribution in [0.5, 0.6) is 0 Å². The molecule has 0 amide bonds. The average Bonchev–Trinajstić information content (AvgIpc) is 3.19. The number of aryl methyl sites for hydroxylation is 2. The summed E-state index contributed by atoms with van der Waals surface area (Å²) in [5.41, 5.74) is 3.60. The predicted octanol–water partition coefficient (Wildman–Crippen LogP) is 2.70. The van der Waals surface area contributed by atoms with E-state index in [0.29, 0.717) is 24.9 Å². The summed E-state index contributed by atoms with van der Waals surface area (Å²) in [6.07, 6.45) is 3.67. The van der Waals surface area contributed by atoms with E-state index in [0.717, 1.165) is 24.3 Å². The molecule has 0 spiro atoms. The topological polar surface area (TPSA) is 80.3 Å². The quantitative estimate of drug-likeness (QED) is 0.611. The summed E-state index contributed by atoms with van der Waals surface area (Å²) in [6, 6.07) is 0. The average molecular weight is 361 g/mol. The Morgan fingerprint density at radius 1 is 1.19 bits per heavy atom. The van der Waals surface area contributed by atoms with Gasteiger partial charge in [0.05, 0.1) is 18.4 Å². The number of rotatable bonds is 6. The minimum Gasteiger partial charge on any atom is -0.443 e. The summed E-state index contributed by atoms with van der Waals surface area (Å²) < 4.78 is 7.79. The molecule has 2 heterocycles. The van der Waals surface area contributed by atoms with Crippen molar-refractivity contribution in [3.05, 3.63) is 34.8 Å². The van der Waals surface area contributed by atoms with Gasteiger partial charge < -0.3 is 15.1 Å². The van der Waals surface area contributed by atoms with Crippen LogP contribution in [0, 0.1) is 0 Å². The maximum atomic E-state index is 5.81. The SMILES string of the molecule is CCc1nn(C)c(CC)c1CNC(=NC)NCc1ncc(C(C)(C)C)o1. The van der Waals surface area contributed by atoms with Crippen LogP contribution < -0.4 is 10.6 Å². The van der Waals surface area contributed by atoms with E-state index in [1.165, 1.54) is 11.3 Å². The highest BCUT2D eigenvalue weighted by molar-refractivity contribution is 5.79. The molecule has 2 N–H and O–H groups in total. The molecule has 0 aliphatic carbocycles. The second-order valence-electron chi connectivity index (χ2n) is 7.35. The fraction of sp³-hybridized carbons (Fsp3) is 0.632. The first kappa shape index (κ1) is 20.0. The summed E-state index contributed by atoms with van der Waals surface area (Å²) in [4.78, 5) is 8.63. The van der Waals surface area contributed by atoms with Crippen LogP contribution in [0.3, 0.4) is 0 Å². The molecule has 2 aromatic heterocycles. The van der Waals surface area contributed by atoms with E-state index < -0.39 is 0 Å². The van der Waals surface area contributed by atoms with Crippen molar-refractivity contribution in [1.29, 1.82) is 0 Å². The third-order valence-corrected chi connectivity index (χ3v) is 4.38. The van der Waals surface area contributed by atoms with Gasteiger partial charge >= 0.3 is 0 Å². The lowest BCUT2D eigenvalue weighted by Gasteiger charge is -2.14. The second-order valence-corrected chi connectivity index (χ2v) is 7.35. The smallest absolute Gasteiger partial charge is 0.213 e. The molecule has 0 radical (unpaired) electrons. The number of nitrogens with zero attached hydrogens (tertiary/aromatic N) is 4. The van der Waals surface area contributed by atoms with Gasteiger partial charge in [0.1, 0.15) is 5.76 Å². The molecule has 7 nitrogen and oxygen atoms in total. The fourth-order valence-electron chi connectivity index (χ4n) is 2.88. The zero-order valence-corrected chi connectivity index (χ0v) is 17.1. The Bertz CT molecular complexity index is 751. The van der Waals surface area contributed by atoms with Crippen LogP contribution in [0.25, 0.3) is 0 Å². The van der Waals surface area contributed by atoms with Gasteiger partial charge in [0, 0.05) is 37.3 Å². The van der Waals surface area contributed by atoms with Crippen molar-refractivity contribution in [3.8, 4) is 0 Å². The Morgan fingerprint density at radius 2 is 1.88 bits per heavy atom. The van der Waals surface area contributed by atoms with Crippen molar-refractivity contribution in [2.75, 3.05) is 7.05 Å². The summed E-state index contributed by atoms with van der Waals surface area (Å²) in [7, 11) is 3.76. The van der Waals surface area contributed by atoms with Crippen LogP contribution in [-0.2, 0) is 38.4 Å². The van der Waals surface area contributed by atoms with Crippen LogP contribution in [0.4, 0.5) is 0 Å². The molecular weight excluding hydrogens is 328 g/mol. The number of hydrogen-bond acceptors (Lipinski definition) is 4. The Morgan fingerprint density at radius 3 is 2.42 bits per heavy atom. The van der Waals surface area contributed by atoms with Crippen LogP contribution in [0.2, 0.25) is 0 Å². The maximum Gasteiger partial charge on any atom is 0.213 e. The zero-order chi connectivity index (χ0) is 19.3. The highest BCUT2D eigenvalue weighted by Crippen LogP contribution is 2.22. The lowest BCUT2D eigenvalue weighted by Crippen LogP contribution is -2.36. The third kappa shape index (κ3) is 4.65. The van der Waals surface area contributed by atoms with Crippen LogP contribution in [0.15, 0.2) is 15.6 Å². The van der Waals surface area contributed by atoms with E-state index in [-0.39, 0.29) is 5.41 Å². The molecule has 2 rings (SSSR count). The van der Waals surface area contributed by atoms with E-state index in [1.54, 1.807) is 13.2 Å². The maximum absolute atomic E-state index is 5.81. The molecule has 26 heavy (non-hydrogen) atoms. The van der Waals surface area contributed by atoms with Crippen molar-refractivity contribution >= 4 is 5.96 Å². The second kappa shape index (κ2) is 8.38. The molecule has 0 atom stereocenters. The molecular formula is C19H32N6O. The van der Waals surface area contributed by atoms with Gasteiger partial charge in [-0.1, -0.05) is 34.6 Å². The van der Waals surface area contributed by atoms with Gasteiger partial charge in [-0.25, -0.2) is 4.98 Å². The largest absolute Gasteiger partial charge is 0.443 e. The number of aromatic nitrogens is 3. The summed E-state index contributed by atoms with van der Waals surface area (Å²) in [6.45, 7) is 11.8. The highest BCUT2D eigenvalue weighted by Gasteiger charge is 2.19. The molecule has 0 aliphatic rings. The molecule has 0 aliphatic heterocycles. The van der Waals surface area contributed by atoms with Gasteiger partial charge in [-0.05, 0) is 12.8 Å². The van der Waals surface area contributed by atoms with Gasteiger partial charge in [0.25, 0.3) is 0 Å². The Labute approximate surface area is 156 Å². The summed E-state index contributed by atoms with van der Waals surface area (Å²) in [5, 5.41) is 11.2. The van der Waals surface area contributed by atoms with Crippen LogP contribution >= 0.6 is 0 Å². The van der Waals surface area contributed by atoms with E-state index in [9.17, 15) is 0 Å². The van der Waals surface area contributed by atoms with E-state index in [4.69, 9.17) is 4.42 Å². The normalized spacial score (nSPS) is 12.5. The molecule has 0 saturated carbocycles. The van der Waals surface area contributed by atoms with Gasteiger partial charge in [-0.3, -0.25) is 9.67 Å². The number of hydrogen-bond donors (Lipinski definition) is 2. The van der Waals surface area contributed by atoms with Crippen molar-refractivity contribution in [2.45, 2.75) is 66.0 Å². The van der Waals surface area contributed by atoms with Crippen molar-refractivity contribution < 1.29 is 4.42 Å². The molecule has 7 heteroatoms. The van der Waals surface area contributed by atoms with Crippen LogP contribution in [-0.4, -0.2) is 27.8 Å². The van der Waals surface area contributed by atoms with Gasteiger partial charge in [0.2, 0.25) is 5.89 Å². The number of oxazole rings is 1. The van der Waals surface area contributed by atoms with E-state index in [2.05, 4.69) is 60.3 Å². The third-order valence-electron chi connectivity index (χ3n) is 4.38. The molecule has 0 unspecified atom stereocenters. The van der Waals surface area contributed by atoms with Gasteiger partial charge in [-0.2, -0.15) is 5.10 Å². The van der Waals surface area contributed by atoms with Gasteiger partial charge in [0.15, 0.2) is 5.96 Å². The fourth-order valence-corrected chi connectivity index (χ4v) is 2.88. The van der Waals surface area contributed by atoms with Gasteiger partial charge in [-0.15, -0.1) is 0 Å². The first-order valence-electron chi connectivity index (χ1n) is 9.23. The summed E-state index contributed by atoms with van der Waals surface area (Å²) in [5.74, 6) is 2.25. The minimum absolute atomic E-state index is 0.0431. The van der Waals surface area contributed by atoms with Crippen molar-refractivity contribution in [3.63, 3.8) is 0 Å². The predicted molar refractivity (Wildman–Crippen MR) is 104 cm³/mol. The molecule has 144 valence electrons. The number of nitrogens with one attached hydrogen (secondary N) is 2. The van der Waals surface area contributed by atoms with Crippen molar-refractivity contribution in [2.24, 2.45) is 12.0 Å². The molecule has 2 aromatic rings. The minimum atomic E-state index is -0.0431. The first-order chi connectivity index (χ1) is 12.3. The van der Waals surface area contributed by atoms with Crippen molar-refractivity contribution in [1.82, 2.24) is 25.4 Å². The number of guanidine groups is 1. The Balaban J connectivity index is 1.98. The Kier molecular flexibility index (Phi) is 6.45. The number of aliphatic imine (C=N–C) groups is 1. The zero-order valence-electron chi connectivity index (χ0n) is 17.1. The lowest BCUT2D eigenvalue weighted by molar-refractivity contribution is 0.379. The monoisotopic (exact) mass is 360 g/mol. The standard InChI is InChI=1S/C19H32N6O/c1-8-14-13(15(9-2)25(7)24-14)10-22-18(20-6)23-12-17-21-11-16(26-17)19(3,4)5/h11H,8-10,12H2,1-7H3,(H2,20,22,23). The lowest BCUT2D eigenvalue weighted by atomic mass is 9.94. The van der Waals surface area contributed by atoms with E-state index >= 15 is 0 Å². The van der Waals surface area contributed by atoms with Crippen LogP contribution in [0.1, 0.15) is 63.2 Å².